The van der Waals surface area contributed by atoms with Crippen molar-refractivity contribution >= 4 is 40.2 Å². The molecule has 1 amide bonds. The zero-order valence-electron chi connectivity index (χ0n) is 10.0. The van der Waals surface area contributed by atoms with Crippen LogP contribution in [-0.4, -0.2) is 20.9 Å². The number of hydrogen-bond acceptors (Lipinski definition) is 6. The van der Waals surface area contributed by atoms with Gasteiger partial charge in [0.05, 0.1) is 5.02 Å². The normalized spacial score (nSPS) is 10.7. The largest absolute Gasteiger partial charge is 0.429 e. The first kappa shape index (κ1) is 12.4. The van der Waals surface area contributed by atoms with Crippen molar-refractivity contribution in [1.29, 1.82) is 0 Å². The van der Waals surface area contributed by atoms with Crippen LogP contribution < -0.4 is 11.1 Å². The van der Waals surface area contributed by atoms with E-state index in [-0.39, 0.29) is 17.2 Å². The summed E-state index contributed by atoms with van der Waals surface area (Å²) in [5.41, 5.74) is 6.51. The molecular weight excluding hydrogens is 282 g/mol. The Morgan fingerprint density at radius 1 is 1.25 bits per heavy atom. The maximum atomic E-state index is 12.1. The first-order valence-electron chi connectivity index (χ1n) is 5.57. The third-order valence-electron chi connectivity index (χ3n) is 2.54. The third kappa shape index (κ3) is 2.14. The standard InChI is InChI=1S/C12H8ClN5O2/c13-6-1-2-7(17-5-6)18-11(19)10-8(14)9-12(20-10)16-4-3-15-9/h1-5H,14H2,(H,17,18,19). The summed E-state index contributed by atoms with van der Waals surface area (Å²) in [5.74, 6) is -0.250. The zero-order valence-corrected chi connectivity index (χ0v) is 10.8. The van der Waals surface area contributed by atoms with Crippen LogP contribution in [0.4, 0.5) is 11.5 Å². The molecule has 0 fully saturated rings. The number of rotatable bonds is 2. The SMILES string of the molecule is Nc1c(C(=O)Nc2ccc(Cl)cn2)oc2nccnc12. The first-order chi connectivity index (χ1) is 9.65. The first-order valence-corrected chi connectivity index (χ1v) is 5.95. The van der Waals surface area contributed by atoms with Crippen molar-refractivity contribution in [3.8, 4) is 0 Å². The van der Waals surface area contributed by atoms with E-state index in [0.717, 1.165) is 0 Å². The van der Waals surface area contributed by atoms with Crippen LogP contribution in [0.2, 0.25) is 5.02 Å². The minimum Gasteiger partial charge on any atom is -0.429 e. The number of halogens is 1. The highest BCUT2D eigenvalue weighted by Crippen LogP contribution is 2.25. The number of nitrogens with one attached hydrogen (secondary N) is 1. The van der Waals surface area contributed by atoms with Crippen LogP contribution in [0.5, 0.6) is 0 Å². The number of aromatic nitrogens is 3. The van der Waals surface area contributed by atoms with Gasteiger partial charge in [-0.1, -0.05) is 11.6 Å². The molecule has 3 aromatic rings. The highest BCUT2D eigenvalue weighted by Gasteiger charge is 2.20. The van der Waals surface area contributed by atoms with E-state index >= 15 is 0 Å². The zero-order chi connectivity index (χ0) is 14.1. The molecule has 7 nitrogen and oxygen atoms in total. The van der Waals surface area contributed by atoms with E-state index in [2.05, 4.69) is 20.3 Å². The Morgan fingerprint density at radius 2 is 2.05 bits per heavy atom. The van der Waals surface area contributed by atoms with Gasteiger partial charge in [0.2, 0.25) is 11.5 Å². The van der Waals surface area contributed by atoms with Crippen molar-refractivity contribution < 1.29 is 9.21 Å². The van der Waals surface area contributed by atoms with Crippen LogP contribution in [0.25, 0.3) is 11.2 Å². The minimum absolute atomic E-state index is 0.0528. The number of furan rings is 1. The summed E-state index contributed by atoms with van der Waals surface area (Å²) >= 11 is 5.71. The quantitative estimate of drug-likeness (QED) is 0.748. The lowest BCUT2D eigenvalue weighted by atomic mass is 10.3. The van der Waals surface area contributed by atoms with E-state index in [1.807, 2.05) is 0 Å². The van der Waals surface area contributed by atoms with Gasteiger partial charge in [-0.05, 0) is 12.1 Å². The van der Waals surface area contributed by atoms with Gasteiger partial charge in [-0.25, -0.2) is 15.0 Å². The summed E-state index contributed by atoms with van der Waals surface area (Å²) in [7, 11) is 0. The summed E-state index contributed by atoms with van der Waals surface area (Å²) in [6.45, 7) is 0. The van der Waals surface area contributed by atoms with Crippen molar-refractivity contribution in [2.75, 3.05) is 11.1 Å². The van der Waals surface area contributed by atoms with Gasteiger partial charge in [0.1, 0.15) is 11.5 Å². The second-order valence-electron chi connectivity index (χ2n) is 3.87. The Labute approximate surface area is 117 Å². The number of anilines is 2. The summed E-state index contributed by atoms with van der Waals surface area (Å²) in [6.07, 6.45) is 4.34. The van der Waals surface area contributed by atoms with Crippen molar-refractivity contribution in [3.05, 3.63) is 41.5 Å². The Balaban J connectivity index is 1.92. The van der Waals surface area contributed by atoms with Crippen molar-refractivity contribution in [2.24, 2.45) is 0 Å². The molecule has 0 bridgehead atoms. The summed E-state index contributed by atoms with van der Waals surface area (Å²) in [4.78, 5) is 24.0. The van der Waals surface area contributed by atoms with Crippen LogP contribution in [0.15, 0.2) is 35.1 Å². The molecule has 3 aromatic heterocycles. The van der Waals surface area contributed by atoms with E-state index in [4.69, 9.17) is 21.8 Å². The molecule has 0 aliphatic rings. The summed E-state index contributed by atoms with van der Waals surface area (Å²) in [5, 5.41) is 3.02. The average molecular weight is 290 g/mol. The molecule has 0 aromatic carbocycles. The molecule has 0 saturated heterocycles. The Bertz CT molecular complexity index is 784. The second-order valence-corrected chi connectivity index (χ2v) is 4.31. The third-order valence-corrected chi connectivity index (χ3v) is 2.76. The number of hydrogen-bond donors (Lipinski definition) is 2. The van der Waals surface area contributed by atoms with Crippen molar-refractivity contribution in [2.45, 2.75) is 0 Å². The highest BCUT2D eigenvalue weighted by molar-refractivity contribution is 6.30. The molecule has 0 radical (unpaired) electrons. The number of nitrogen functional groups attached to an aromatic ring is 1. The van der Waals surface area contributed by atoms with Crippen LogP contribution >= 0.6 is 11.6 Å². The molecule has 0 unspecified atom stereocenters. The lowest BCUT2D eigenvalue weighted by Gasteiger charge is -2.02. The summed E-state index contributed by atoms with van der Waals surface area (Å²) < 4.78 is 5.29. The van der Waals surface area contributed by atoms with Crippen LogP contribution in [0.1, 0.15) is 10.6 Å². The molecule has 0 aliphatic carbocycles. The predicted octanol–water partition coefficient (Wildman–Crippen LogP) is 2.11. The number of amides is 1. The van der Waals surface area contributed by atoms with E-state index < -0.39 is 5.91 Å². The lowest BCUT2D eigenvalue weighted by Crippen LogP contribution is -2.13. The maximum Gasteiger partial charge on any atom is 0.294 e. The fraction of sp³-hybridized carbons (Fsp3) is 0. The maximum absolute atomic E-state index is 12.1. The average Bonchev–Trinajstić information content (AvgIpc) is 2.79. The van der Waals surface area contributed by atoms with Gasteiger partial charge >= 0.3 is 0 Å². The van der Waals surface area contributed by atoms with Crippen molar-refractivity contribution in [1.82, 2.24) is 15.0 Å². The lowest BCUT2D eigenvalue weighted by molar-refractivity contribution is 0.0999. The summed E-state index contributed by atoms with van der Waals surface area (Å²) in [6, 6.07) is 3.17. The van der Waals surface area contributed by atoms with E-state index in [1.54, 1.807) is 12.1 Å². The number of carbonyl (C=O) groups is 1. The molecule has 3 rings (SSSR count). The monoisotopic (exact) mass is 289 g/mol. The molecule has 0 spiro atoms. The molecule has 0 atom stereocenters. The van der Waals surface area contributed by atoms with Crippen LogP contribution in [0.3, 0.4) is 0 Å². The van der Waals surface area contributed by atoms with E-state index in [0.29, 0.717) is 16.4 Å². The molecule has 3 heterocycles. The van der Waals surface area contributed by atoms with Gasteiger partial charge in [-0.15, -0.1) is 0 Å². The van der Waals surface area contributed by atoms with Crippen LogP contribution in [-0.2, 0) is 0 Å². The highest BCUT2D eigenvalue weighted by atomic mass is 35.5. The number of pyridine rings is 1. The predicted molar refractivity (Wildman–Crippen MR) is 73.4 cm³/mol. The number of nitrogens with zero attached hydrogens (tertiary/aromatic N) is 3. The van der Waals surface area contributed by atoms with Crippen molar-refractivity contribution in [3.63, 3.8) is 0 Å². The van der Waals surface area contributed by atoms with Gasteiger partial charge in [0.25, 0.3) is 5.91 Å². The molecule has 0 saturated carbocycles. The minimum atomic E-state index is -0.530. The molecular formula is C12H8ClN5O2. The number of nitrogens with two attached hydrogens (primary N) is 1. The topological polar surface area (TPSA) is 107 Å². The van der Waals surface area contributed by atoms with Crippen LogP contribution in [0, 0.1) is 0 Å². The van der Waals surface area contributed by atoms with Gasteiger partial charge in [0, 0.05) is 18.6 Å². The molecule has 8 heteroatoms. The Kier molecular flexibility index (Phi) is 2.96. The van der Waals surface area contributed by atoms with E-state index in [1.165, 1.54) is 18.6 Å². The van der Waals surface area contributed by atoms with Gasteiger partial charge in [-0.3, -0.25) is 4.79 Å². The fourth-order valence-electron chi connectivity index (χ4n) is 1.64. The smallest absolute Gasteiger partial charge is 0.294 e. The van der Waals surface area contributed by atoms with Gasteiger partial charge in [0.15, 0.2) is 5.52 Å². The molecule has 3 N–H and O–H groups in total. The number of carbonyl (C=O) groups excluding carboxylic acids is 1. The Hall–Kier alpha value is -2.67. The van der Waals surface area contributed by atoms with Gasteiger partial charge in [-0.2, -0.15) is 0 Å². The van der Waals surface area contributed by atoms with Gasteiger partial charge < -0.3 is 15.5 Å². The fourth-order valence-corrected chi connectivity index (χ4v) is 1.75. The molecule has 0 aliphatic heterocycles. The molecule has 20 heavy (non-hydrogen) atoms. The molecule has 100 valence electrons. The van der Waals surface area contributed by atoms with E-state index in [9.17, 15) is 4.79 Å². The second kappa shape index (κ2) is 4.78. The number of fused-ring (bicyclic) bond motifs is 1. The Morgan fingerprint density at radius 3 is 2.75 bits per heavy atom.